The molecule has 0 radical (unpaired) electrons. The van der Waals surface area contributed by atoms with Crippen molar-refractivity contribution in [2.45, 2.75) is 32.7 Å². The first-order valence-corrected chi connectivity index (χ1v) is 6.49. The van der Waals surface area contributed by atoms with Crippen molar-refractivity contribution in [1.82, 2.24) is 10.2 Å². The van der Waals surface area contributed by atoms with Crippen LogP contribution < -0.4 is 5.32 Å². The summed E-state index contributed by atoms with van der Waals surface area (Å²) in [4.78, 5) is 25.2. The molecule has 1 amide bonds. The molecule has 1 aliphatic rings. The maximum absolute atomic E-state index is 12.1. The Kier molecular flexibility index (Phi) is 5.14. The number of likely N-dealkylation sites (N-methyl/N-ethyl adjacent to an activating group) is 1. The van der Waals surface area contributed by atoms with Gasteiger partial charge in [-0.1, -0.05) is 6.92 Å². The van der Waals surface area contributed by atoms with Gasteiger partial charge in [-0.2, -0.15) is 0 Å². The first-order valence-electron chi connectivity index (χ1n) is 6.49. The molecule has 4 atom stereocenters. The number of hydrogen-bond donors (Lipinski definition) is 2. The standard InChI is InChI=1S/C13H24N2O3/c1-8-5-10(11(6-8)13(17)18)12(16)14-9(2)7-15(3)4/h8-11H,5-7H2,1-4H3,(H,14,16)(H,17,18). The van der Waals surface area contributed by atoms with Crippen LogP contribution in [0.3, 0.4) is 0 Å². The number of amides is 1. The van der Waals surface area contributed by atoms with Gasteiger partial charge in [-0.3, -0.25) is 9.59 Å². The minimum atomic E-state index is -0.847. The molecule has 0 spiro atoms. The van der Waals surface area contributed by atoms with Crippen LogP contribution in [-0.4, -0.2) is 48.6 Å². The predicted octanol–water partition coefficient (Wildman–Crippen LogP) is 0.800. The molecule has 1 aliphatic carbocycles. The second-order valence-electron chi connectivity index (χ2n) is 5.80. The van der Waals surface area contributed by atoms with E-state index >= 15 is 0 Å². The Hall–Kier alpha value is -1.10. The molecular formula is C13H24N2O3. The zero-order valence-electron chi connectivity index (χ0n) is 11.6. The van der Waals surface area contributed by atoms with E-state index in [0.717, 1.165) is 6.54 Å². The Morgan fingerprint density at radius 3 is 2.39 bits per heavy atom. The summed E-state index contributed by atoms with van der Waals surface area (Å²) in [5, 5.41) is 12.1. The summed E-state index contributed by atoms with van der Waals surface area (Å²) in [6.45, 7) is 4.70. The van der Waals surface area contributed by atoms with Gasteiger partial charge in [0.1, 0.15) is 0 Å². The van der Waals surface area contributed by atoms with Crippen LogP contribution in [0.15, 0.2) is 0 Å². The van der Waals surface area contributed by atoms with Crippen molar-refractivity contribution in [3.05, 3.63) is 0 Å². The lowest BCUT2D eigenvalue weighted by atomic mass is 9.95. The molecule has 1 fully saturated rings. The van der Waals surface area contributed by atoms with Gasteiger partial charge in [0.2, 0.25) is 5.91 Å². The molecule has 0 heterocycles. The summed E-state index contributed by atoms with van der Waals surface area (Å²) in [5.41, 5.74) is 0. The molecule has 2 N–H and O–H groups in total. The van der Waals surface area contributed by atoms with E-state index in [4.69, 9.17) is 5.11 Å². The smallest absolute Gasteiger partial charge is 0.307 e. The maximum atomic E-state index is 12.1. The van der Waals surface area contributed by atoms with Crippen molar-refractivity contribution in [2.75, 3.05) is 20.6 Å². The number of aliphatic carboxylic acids is 1. The van der Waals surface area contributed by atoms with Crippen molar-refractivity contribution in [2.24, 2.45) is 17.8 Å². The molecular weight excluding hydrogens is 232 g/mol. The van der Waals surface area contributed by atoms with Crippen LogP contribution in [0.5, 0.6) is 0 Å². The van der Waals surface area contributed by atoms with E-state index in [2.05, 4.69) is 5.32 Å². The lowest BCUT2D eigenvalue weighted by molar-refractivity contribution is -0.146. The number of rotatable bonds is 5. The van der Waals surface area contributed by atoms with Gasteiger partial charge >= 0.3 is 5.97 Å². The van der Waals surface area contributed by atoms with E-state index in [1.165, 1.54) is 0 Å². The number of nitrogens with zero attached hydrogens (tertiary/aromatic N) is 1. The summed E-state index contributed by atoms with van der Waals surface area (Å²) >= 11 is 0. The first kappa shape index (κ1) is 15.0. The minimum Gasteiger partial charge on any atom is -0.481 e. The maximum Gasteiger partial charge on any atom is 0.307 e. The van der Waals surface area contributed by atoms with Crippen molar-refractivity contribution >= 4 is 11.9 Å². The minimum absolute atomic E-state index is 0.0397. The Morgan fingerprint density at radius 2 is 1.89 bits per heavy atom. The van der Waals surface area contributed by atoms with E-state index in [9.17, 15) is 9.59 Å². The van der Waals surface area contributed by atoms with Gasteiger partial charge in [0.05, 0.1) is 11.8 Å². The highest BCUT2D eigenvalue weighted by Gasteiger charge is 2.41. The Labute approximate surface area is 109 Å². The van der Waals surface area contributed by atoms with E-state index in [1.807, 2.05) is 32.8 Å². The first-order chi connectivity index (χ1) is 8.31. The fourth-order valence-electron chi connectivity index (χ4n) is 2.80. The SMILES string of the molecule is CC1CC(C(=O)O)C(C(=O)NC(C)CN(C)C)C1. The van der Waals surface area contributed by atoms with Gasteiger partial charge in [0.25, 0.3) is 0 Å². The summed E-state index contributed by atoms with van der Waals surface area (Å²) in [5.74, 6) is -1.54. The molecule has 18 heavy (non-hydrogen) atoms. The quantitative estimate of drug-likeness (QED) is 0.763. The van der Waals surface area contributed by atoms with Crippen molar-refractivity contribution in [3.8, 4) is 0 Å². The Balaban J connectivity index is 2.57. The van der Waals surface area contributed by atoms with Gasteiger partial charge in [-0.05, 0) is 39.8 Å². The summed E-state index contributed by atoms with van der Waals surface area (Å²) in [6, 6.07) is 0.0397. The zero-order valence-corrected chi connectivity index (χ0v) is 11.6. The third-order valence-electron chi connectivity index (χ3n) is 3.48. The molecule has 0 aromatic carbocycles. The van der Waals surface area contributed by atoms with Crippen molar-refractivity contribution < 1.29 is 14.7 Å². The summed E-state index contributed by atoms with van der Waals surface area (Å²) < 4.78 is 0. The average molecular weight is 256 g/mol. The molecule has 1 rings (SSSR count). The monoisotopic (exact) mass is 256 g/mol. The summed E-state index contributed by atoms with van der Waals surface area (Å²) in [6.07, 6.45) is 1.28. The van der Waals surface area contributed by atoms with Crippen LogP contribution in [0.1, 0.15) is 26.7 Å². The third kappa shape index (κ3) is 3.98. The average Bonchev–Trinajstić information content (AvgIpc) is 2.58. The fourth-order valence-corrected chi connectivity index (χ4v) is 2.80. The molecule has 0 aromatic rings. The number of carboxylic acids is 1. The van der Waals surface area contributed by atoms with E-state index < -0.39 is 11.9 Å². The normalized spacial score (nSPS) is 29.3. The Morgan fingerprint density at radius 1 is 1.33 bits per heavy atom. The largest absolute Gasteiger partial charge is 0.481 e. The molecule has 0 aromatic heterocycles. The van der Waals surface area contributed by atoms with Crippen LogP contribution in [0, 0.1) is 17.8 Å². The lowest BCUT2D eigenvalue weighted by Gasteiger charge is -2.22. The highest BCUT2D eigenvalue weighted by Crippen LogP contribution is 2.36. The molecule has 0 aliphatic heterocycles. The van der Waals surface area contributed by atoms with Gasteiger partial charge in [0, 0.05) is 12.6 Å². The third-order valence-corrected chi connectivity index (χ3v) is 3.48. The highest BCUT2D eigenvalue weighted by atomic mass is 16.4. The second-order valence-corrected chi connectivity index (χ2v) is 5.80. The van der Waals surface area contributed by atoms with Crippen LogP contribution >= 0.6 is 0 Å². The molecule has 0 saturated heterocycles. The van der Waals surface area contributed by atoms with Crippen molar-refractivity contribution in [1.29, 1.82) is 0 Å². The van der Waals surface area contributed by atoms with E-state index in [1.54, 1.807) is 0 Å². The molecule has 1 saturated carbocycles. The number of carbonyl (C=O) groups is 2. The molecule has 5 nitrogen and oxygen atoms in total. The highest BCUT2D eigenvalue weighted by molar-refractivity contribution is 5.85. The van der Waals surface area contributed by atoms with Gasteiger partial charge in [0.15, 0.2) is 0 Å². The van der Waals surface area contributed by atoms with E-state index in [0.29, 0.717) is 18.8 Å². The molecule has 5 heteroatoms. The lowest BCUT2D eigenvalue weighted by Crippen LogP contribution is -2.44. The second kappa shape index (κ2) is 6.18. The van der Waals surface area contributed by atoms with E-state index in [-0.39, 0.29) is 17.9 Å². The number of hydrogen-bond acceptors (Lipinski definition) is 3. The molecule has 0 bridgehead atoms. The molecule has 4 unspecified atom stereocenters. The van der Waals surface area contributed by atoms with Crippen LogP contribution in [0.4, 0.5) is 0 Å². The zero-order chi connectivity index (χ0) is 13.9. The Bertz CT molecular complexity index is 317. The van der Waals surface area contributed by atoms with Crippen molar-refractivity contribution in [3.63, 3.8) is 0 Å². The van der Waals surface area contributed by atoms with Crippen LogP contribution in [-0.2, 0) is 9.59 Å². The fraction of sp³-hybridized carbons (Fsp3) is 0.846. The van der Waals surface area contributed by atoms with Crippen LogP contribution in [0.25, 0.3) is 0 Å². The topological polar surface area (TPSA) is 69.6 Å². The van der Waals surface area contributed by atoms with Gasteiger partial charge < -0.3 is 15.3 Å². The van der Waals surface area contributed by atoms with Gasteiger partial charge in [-0.25, -0.2) is 0 Å². The molecule has 104 valence electrons. The van der Waals surface area contributed by atoms with Crippen LogP contribution in [0.2, 0.25) is 0 Å². The van der Waals surface area contributed by atoms with Gasteiger partial charge in [-0.15, -0.1) is 0 Å². The summed E-state index contributed by atoms with van der Waals surface area (Å²) in [7, 11) is 3.89. The predicted molar refractivity (Wildman–Crippen MR) is 69.2 cm³/mol. The number of carbonyl (C=O) groups excluding carboxylic acids is 1. The number of carboxylic acid groups (broad SMARTS) is 1. The number of nitrogens with one attached hydrogen (secondary N) is 1.